The topological polar surface area (TPSA) is 61.6 Å². The molecule has 0 aliphatic rings. The number of hydrogen-bond acceptors (Lipinski definition) is 8. The van der Waals surface area contributed by atoms with Gasteiger partial charge in [-0.3, -0.25) is 0 Å². The summed E-state index contributed by atoms with van der Waals surface area (Å²) in [6.07, 6.45) is 0. The first-order valence-corrected chi connectivity index (χ1v) is 7.11. The second kappa shape index (κ2) is 18.4. The molecule has 0 amide bonds. The summed E-state index contributed by atoms with van der Waals surface area (Å²) in [5, 5.41) is 4.55. The van der Waals surface area contributed by atoms with E-state index in [9.17, 15) is 0 Å². The fourth-order valence-corrected chi connectivity index (χ4v) is 1.26. The lowest BCUT2D eigenvalue weighted by Gasteiger charge is -2.06. The number of aliphatic imine (C=N–C) groups is 2. The molecule has 0 rings (SSSR count). The molecule has 0 spiro atoms. The summed E-state index contributed by atoms with van der Waals surface area (Å²) < 4.78 is 21.1. The summed E-state index contributed by atoms with van der Waals surface area (Å²) in [6.45, 7) is 5.39. The minimum absolute atomic E-state index is 0.536. The monoisotopic (exact) mass is 320 g/mol. The van der Waals surface area contributed by atoms with Crippen LogP contribution in [-0.4, -0.2) is 76.3 Å². The molecular formula is C12H20N2O4S2. The van der Waals surface area contributed by atoms with E-state index in [4.69, 9.17) is 18.9 Å². The van der Waals surface area contributed by atoms with Gasteiger partial charge in [0.2, 0.25) is 0 Å². The second-order valence-electron chi connectivity index (χ2n) is 3.40. The van der Waals surface area contributed by atoms with Crippen LogP contribution >= 0.6 is 24.4 Å². The molecule has 0 aliphatic heterocycles. The summed E-state index contributed by atoms with van der Waals surface area (Å²) >= 11 is 8.85. The van der Waals surface area contributed by atoms with Crippen molar-refractivity contribution >= 4 is 34.8 Å². The minimum atomic E-state index is 0.536. The first kappa shape index (κ1) is 19.4. The van der Waals surface area contributed by atoms with Crippen LogP contribution in [0.2, 0.25) is 0 Å². The second-order valence-corrected chi connectivity index (χ2v) is 3.76. The smallest absolute Gasteiger partial charge is 0.0727 e. The predicted molar refractivity (Wildman–Crippen MR) is 83.1 cm³/mol. The first-order valence-electron chi connectivity index (χ1n) is 6.30. The van der Waals surface area contributed by atoms with Crippen molar-refractivity contribution < 1.29 is 18.9 Å². The zero-order valence-electron chi connectivity index (χ0n) is 11.4. The van der Waals surface area contributed by atoms with Gasteiger partial charge in [-0.15, -0.1) is 0 Å². The molecule has 6 nitrogen and oxygen atoms in total. The largest absolute Gasteiger partial charge is 0.377 e. The van der Waals surface area contributed by atoms with Gasteiger partial charge in [0.05, 0.1) is 76.3 Å². The van der Waals surface area contributed by atoms with Crippen LogP contribution in [0.3, 0.4) is 0 Å². The maximum Gasteiger partial charge on any atom is 0.0727 e. The molecule has 0 unspecified atom stereocenters. The third-order valence-corrected chi connectivity index (χ3v) is 2.20. The van der Waals surface area contributed by atoms with E-state index in [1.807, 2.05) is 0 Å². The Labute approximate surface area is 130 Å². The van der Waals surface area contributed by atoms with Crippen LogP contribution in [0, 0.1) is 0 Å². The van der Waals surface area contributed by atoms with Gasteiger partial charge in [0.1, 0.15) is 0 Å². The lowest BCUT2D eigenvalue weighted by atomic mass is 10.6. The Morgan fingerprint density at radius 3 is 1.15 bits per heavy atom. The molecule has 8 heteroatoms. The lowest BCUT2D eigenvalue weighted by Crippen LogP contribution is -2.13. The minimum Gasteiger partial charge on any atom is -0.377 e. The Morgan fingerprint density at radius 2 is 0.850 bits per heavy atom. The van der Waals surface area contributed by atoms with E-state index in [0.717, 1.165) is 0 Å². The maximum absolute atomic E-state index is 5.31. The Hall–Kier alpha value is -0.560. The zero-order chi connectivity index (χ0) is 14.7. The number of nitrogens with zero attached hydrogens (tertiary/aromatic N) is 2. The highest BCUT2D eigenvalue weighted by Crippen LogP contribution is 1.83. The van der Waals surface area contributed by atoms with E-state index in [0.29, 0.717) is 65.9 Å². The summed E-state index contributed by atoms with van der Waals surface area (Å²) in [5.74, 6) is 0. The average molecular weight is 320 g/mol. The van der Waals surface area contributed by atoms with Gasteiger partial charge in [-0.05, 0) is 24.4 Å². The number of rotatable bonds is 15. The highest BCUT2D eigenvalue weighted by molar-refractivity contribution is 7.78. The molecule has 0 fully saturated rings. The van der Waals surface area contributed by atoms with Gasteiger partial charge in [-0.2, -0.15) is 0 Å². The van der Waals surface area contributed by atoms with Gasteiger partial charge in [-0.1, -0.05) is 0 Å². The van der Waals surface area contributed by atoms with Crippen LogP contribution in [0.5, 0.6) is 0 Å². The fourth-order valence-electron chi connectivity index (χ4n) is 1.07. The summed E-state index contributed by atoms with van der Waals surface area (Å²) in [7, 11) is 0. The highest BCUT2D eigenvalue weighted by Gasteiger charge is 1.92. The van der Waals surface area contributed by atoms with Crippen molar-refractivity contribution in [3.05, 3.63) is 0 Å². The third-order valence-electron chi connectivity index (χ3n) is 1.94. The van der Waals surface area contributed by atoms with Crippen LogP contribution < -0.4 is 0 Å². The number of ether oxygens (including phenoxy) is 4. The van der Waals surface area contributed by atoms with Crippen molar-refractivity contribution in [3.8, 4) is 0 Å². The van der Waals surface area contributed by atoms with E-state index in [1.54, 1.807) is 0 Å². The number of isothiocyanates is 2. The predicted octanol–water partition coefficient (Wildman–Crippen LogP) is 1.26. The third kappa shape index (κ3) is 17.4. The van der Waals surface area contributed by atoms with E-state index in [1.165, 1.54) is 0 Å². The van der Waals surface area contributed by atoms with Crippen LogP contribution in [0.25, 0.3) is 0 Å². The molecule has 0 heterocycles. The molecule has 20 heavy (non-hydrogen) atoms. The molecule has 0 N–H and O–H groups in total. The molecule has 0 saturated carbocycles. The SMILES string of the molecule is S=C=NCCOCCOCCOCCOCCN=C=S. The molecule has 0 aromatic rings. The highest BCUT2D eigenvalue weighted by atomic mass is 32.1. The van der Waals surface area contributed by atoms with Crippen molar-refractivity contribution in [2.75, 3.05) is 65.9 Å². The molecule has 114 valence electrons. The van der Waals surface area contributed by atoms with Gasteiger partial charge in [0.15, 0.2) is 0 Å². The molecule has 0 bridgehead atoms. The average Bonchev–Trinajstić information content (AvgIpc) is 2.47. The van der Waals surface area contributed by atoms with E-state index in [2.05, 4.69) is 44.7 Å². The van der Waals surface area contributed by atoms with Gasteiger partial charge in [0.25, 0.3) is 0 Å². The van der Waals surface area contributed by atoms with Crippen molar-refractivity contribution in [1.29, 1.82) is 0 Å². The molecule has 0 saturated heterocycles. The normalized spacial score (nSPS) is 9.80. The summed E-state index contributed by atoms with van der Waals surface area (Å²) in [6, 6.07) is 0. The Morgan fingerprint density at radius 1 is 0.550 bits per heavy atom. The van der Waals surface area contributed by atoms with Crippen LogP contribution in [-0.2, 0) is 18.9 Å². The molecule has 0 aliphatic carbocycles. The van der Waals surface area contributed by atoms with Crippen LogP contribution in [0.15, 0.2) is 9.98 Å². The van der Waals surface area contributed by atoms with Crippen molar-refractivity contribution in [1.82, 2.24) is 0 Å². The molecule has 0 radical (unpaired) electrons. The van der Waals surface area contributed by atoms with Gasteiger partial charge < -0.3 is 18.9 Å². The molecule has 0 atom stereocenters. The van der Waals surface area contributed by atoms with E-state index < -0.39 is 0 Å². The lowest BCUT2D eigenvalue weighted by molar-refractivity contribution is -0.0000759. The van der Waals surface area contributed by atoms with E-state index in [-0.39, 0.29) is 0 Å². The number of hydrogen-bond donors (Lipinski definition) is 0. The van der Waals surface area contributed by atoms with Crippen LogP contribution in [0.4, 0.5) is 0 Å². The van der Waals surface area contributed by atoms with Crippen molar-refractivity contribution in [2.45, 2.75) is 0 Å². The Kier molecular flexibility index (Phi) is 17.9. The summed E-state index contributed by atoms with van der Waals surface area (Å²) in [4.78, 5) is 7.45. The first-order chi connectivity index (χ1) is 9.91. The molecule has 0 aromatic heterocycles. The van der Waals surface area contributed by atoms with Gasteiger partial charge in [-0.25, -0.2) is 9.98 Å². The van der Waals surface area contributed by atoms with Gasteiger partial charge >= 0.3 is 0 Å². The standard InChI is InChI=1S/C12H20N2O4S2/c19-11-13-1-3-15-5-7-17-9-10-18-8-6-16-4-2-14-12-20/h1-10H2. The zero-order valence-corrected chi connectivity index (χ0v) is 13.0. The van der Waals surface area contributed by atoms with Crippen molar-refractivity contribution in [2.24, 2.45) is 9.98 Å². The molecular weight excluding hydrogens is 300 g/mol. The van der Waals surface area contributed by atoms with Crippen LogP contribution in [0.1, 0.15) is 0 Å². The maximum atomic E-state index is 5.31. The summed E-state index contributed by atoms with van der Waals surface area (Å²) in [5.41, 5.74) is 0. The molecule has 0 aromatic carbocycles. The Bertz CT molecular complexity index is 276. The quantitative estimate of drug-likeness (QED) is 0.257. The fraction of sp³-hybridized carbons (Fsp3) is 0.833. The van der Waals surface area contributed by atoms with Crippen molar-refractivity contribution in [3.63, 3.8) is 0 Å². The Balaban J connectivity index is 2.99. The van der Waals surface area contributed by atoms with Gasteiger partial charge in [0, 0.05) is 0 Å². The van der Waals surface area contributed by atoms with E-state index >= 15 is 0 Å². The number of thiocarbonyl (C=S) groups is 2.